The monoisotopic (exact) mass is 306 g/mol. The summed E-state index contributed by atoms with van der Waals surface area (Å²) in [7, 11) is 1.80. The van der Waals surface area contributed by atoms with Gasteiger partial charge in [-0.25, -0.2) is 0 Å². The molecule has 6 heteroatoms. The van der Waals surface area contributed by atoms with Crippen LogP contribution >= 0.6 is 11.8 Å². The lowest BCUT2D eigenvalue weighted by Gasteiger charge is -2.22. The van der Waals surface area contributed by atoms with Gasteiger partial charge in [-0.1, -0.05) is 6.07 Å². The van der Waals surface area contributed by atoms with E-state index in [1.807, 2.05) is 11.2 Å². The summed E-state index contributed by atoms with van der Waals surface area (Å²) in [5.41, 5.74) is 5.88. The average Bonchev–Trinajstić information content (AvgIpc) is 2.34. The summed E-state index contributed by atoms with van der Waals surface area (Å²) in [6.45, 7) is 2.42. The van der Waals surface area contributed by atoms with E-state index in [4.69, 9.17) is 5.73 Å². The van der Waals surface area contributed by atoms with Crippen molar-refractivity contribution in [3.63, 3.8) is 0 Å². The number of thioether (sulfide) groups is 1. The Balaban J connectivity index is 3.07. The molecular formula is C14H21F3N2S. The van der Waals surface area contributed by atoms with Crippen LogP contribution in [0.3, 0.4) is 0 Å². The Hall–Kier alpha value is -0.880. The second-order valence-electron chi connectivity index (χ2n) is 4.93. The van der Waals surface area contributed by atoms with Gasteiger partial charge in [-0.2, -0.15) is 24.9 Å². The zero-order valence-corrected chi connectivity index (χ0v) is 12.8. The van der Waals surface area contributed by atoms with E-state index in [-0.39, 0.29) is 18.0 Å². The minimum Gasteiger partial charge on any atom is -0.374 e. The van der Waals surface area contributed by atoms with Crippen molar-refractivity contribution in [3.8, 4) is 0 Å². The molecule has 2 N–H and O–H groups in total. The van der Waals surface area contributed by atoms with Crippen LogP contribution in [-0.2, 0) is 12.6 Å². The maximum absolute atomic E-state index is 13.1. The third-order valence-electron chi connectivity index (χ3n) is 3.01. The summed E-state index contributed by atoms with van der Waals surface area (Å²) in [6, 6.07) is 4.19. The lowest BCUT2D eigenvalue weighted by molar-refractivity contribution is -0.138. The van der Waals surface area contributed by atoms with Crippen LogP contribution in [0.25, 0.3) is 0 Å². The number of nitrogens with zero attached hydrogens (tertiary/aromatic N) is 1. The first kappa shape index (κ1) is 17.2. The molecule has 1 aromatic rings. The average molecular weight is 306 g/mol. The predicted octanol–water partition coefficient (Wildman–Crippen LogP) is 3.39. The molecule has 0 radical (unpaired) electrons. The Labute approximate surface area is 122 Å². The molecule has 0 aromatic heterocycles. The van der Waals surface area contributed by atoms with Gasteiger partial charge >= 0.3 is 6.18 Å². The SMILES string of the molecule is CSCCN(C)c1ccc(CC(C)N)c(C(F)(F)F)c1. The zero-order valence-electron chi connectivity index (χ0n) is 12.0. The Kier molecular flexibility index (Phi) is 6.20. The first-order chi connectivity index (χ1) is 9.25. The smallest absolute Gasteiger partial charge is 0.374 e. The molecule has 0 heterocycles. The number of halogens is 3. The summed E-state index contributed by atoms with van der Waals surface area (Å²) < 4.78 is 39.4. The number of hydrogen-bond donors (Lipinski definition) is 1. The highest BCUT2D eigenvalue weighted by atomic mass is 32.2. The molecule has 1 aromatic carbocycles. The van der Waals surface area contributed by atoms with Crippen LogP contribution in [0.5, 0.6) is 0 Å². The quantitative estimate of drug-likeness (QED) is 0.873. The van der Waals surface area contributed by atoms with Crippen LogP contribution in [0, 0.1) is 0 Å². The van der Waals surface area contributed by atoms with Crippen LogP contribution in [0.1, 0.15) is 18.1 Å². The van der Waals surface area contributed by atoms with Gasteiger partial charge in [0.2, 0.25) is 0 Å². The standard InChI is InChI=1S/C14H21F3N2S/c1-10(18)8-11-4-5-12(19(2)6-7-20-3)9-13(11)14(15,16)17/h4-5,9-10H,6-8,18H2,1-3H3. The van der Waals surface area contributed by atoms with Crippen molar-refractivity contribution in [1.29, 1.82) is 0 Å². The van der Waals surface area contributed by atoms with Crippen molar-refractivity contribution in [2.75, 3.05) is 30.5 Å². The van der Waals surface area contributed by atoms with Crippen LogP contribution in [0.15, 0.2) is 18.2 Å². The van der Waals surface area contributed by atoms with Gasteiger partial charge in [0, 0.05) is 31.1 Å². The van der Waals surface area contributed by atoms with E-state index in [0.29, 0.717) is 12.2 Å². The predicted molar refractivity (Wildman–Crippen MR) is 80.4 cm³/mol. The van der Waals surface area contributed by atoms with Crippen molar-refractivity contribution in [2.24, 2.45) is 5.73 Å². The molecule has 0 saturated heterocycles. The summed E-state index contributed by atoms with van der Waals surface area (Å²) in [6.07, 6.45) is -2.15. The Morgan fingerprint density at radius 3 is 2.50 bits per heavy atom. The van der Waals surface area contributed by atoms with Gasteiger partial charge in [0.15, 0.2) is 0 Å². The highest BCUT2D eigenvalue weighted by molar-refractivity contribution is 7.98. The molecule has 0 spiro atoms. The molecule has 0 bridgehead atoms. The highest BCUT2D eigenvalue weighted by Gasteiger charge is 2.33. The normalized spacial score (nSPS) is 13.3. The van der Waals surface area contributed by atoms with Crippen molar-refractivity contribution < 1.29 is 13.2 Å². The number of benzene rings is 1. The molecule has 0 amide bonds. The molecule has 1 rings (SSSR count). The maximum atomic E-state index is 13.1. The number of hydrogen-bond acceptors (Lipinski definition) is 3. The van der Waals surface area contributed by atoms with E-state index < -0.39 is 11.7 Å². The minimum atomic E-state index is -4.35. The van der Waals surface area contributed by atoms with E-state index in [1.165, 1.54) is 12.1 Å². The Bertz CT molecular complexity index is 433. The summed E-state index contributed by atoms with van der Waals surface area (Å²) >= 11 is 1.67. The minimum absolute atomic E-state index is 0.226. The zero-order chi connectivity index (χ0) is 15.3. The lowest BCUT2D eigenvalue weighted by Crippen LogP contribution is -2.23. The fraction of sp³-hybridized carbons (Fsp3) is 0.571. The lowest BCUT2D eigenvalue weighted by atomic mass is 10.00. The first-order valence-electron chi connectivity index (χ1n) is 6.41. The summed E-state index contributed by atoms with van der Waals surface area (Å²) in [4.78, 5) is 1.83. The van der Waals surface area contributed by atoms with E-state index in [1.54, 1.807) is 31.8 Å². The topological polar surface area (TPSA) is 29.3 Å². The Morgan fingerprint density at radius 1 is 1.35 bits per heavy atom. The molecule has 0 fully saturated rings. The number of anilines is 1. The number of rotatable bonds is 6. The van der Waals surface area contributed by atoms with E-state index in [2.05, 4.69) is 0 Å². The summed E-state index contributed by atoms with van der Waals surface area (Å²) in [5, 5.41) is 0. The van der Waals surface area contributed by atoms with Gasteiger partial charge in [-0.15, -0.1) is 0 Å². The van der Waals surface area contributed by atoms with Gasteiger partial charge in [0.25, 0.3) is 0 Å². The van der Waals surface area contributed by atoms with E-state index >= 15 is 0 Å². The third kappa shape index (κ3) is 4.90. The van der Waals surface area contributed by atoms with Crippen molar-refractivity contribution in [1.82, 2.24) is 0 Å². The molecule has 1 atom stereocenters. The largest absolute Gasteiger partial charge is 0.416 e. The first-order valence-corrected chi connectivity index (χ1v) is 7.81. The fourth-order valence-electron chi connectivity index (χ4n) is 1.95. The van der Waals surface area contributed by atoms with Crippen molar-refractivity contribution >= 4 is 17.4 Å². The van der Waals surface area contributed by atoms with Crippen LogP contribution in [0.4, 0.5) is 18.9 Å². The van der Waals surface area contributed by atoms with E-state index in [9.17, 15) is 13.2 Å². The van der Waals surface area contributed by atoms with Gasteiger partial charge in [0.1, 0.15) is 0 Å². The van der Waals surface area contributed by atoms with Crippen molar-refractivity contribution in [2.45, 2.75) is 25.6 Å². The number of alkyl halides is 3. The molecule has 0 saturated carbocycles. The van der Waals surface area contributed by atoms with Crippen molar-refractivity contribution in [3.05, 3.63) is 29.3 Å². The van der Waals surface area contributed by atoms with E-state index in [0.717, 1.165) is 5.75 Å². The van der Waals surface area contributed by atoms with Gasteiger partial charge in [0.05, 0.1) is 5.56 Å². The van der Waals surface area contributed by atoms with Gasteiger partial charge < -0.3 is 10.6 Å². The molecule has 0 aliphatic heterocycles. The molecule has 0 aliphatic carbocycles. The summed E-state index contributed by atoms with van der Waals surface area (Å²) in [5.74, 6) is 0.874. The molecule has 114 valence electrons. The highest BCUT2D eigenvalue weighted by Crippen LogP contribution is 2.35. The molecule has 20 heavy (non-hydrogen) atoms. The van der Waals surface area contributed by atoms with Crippen LogP contribution < -0.4 is 10.6 Å². The van der Waals surface area contributed by atoms with Crippen LogP contribution in [-0.4, -0.2) is 31.6 Å². The molecular weight excluding hydrogens is 285 g/mol. The molecule has 0 aliphatic rings. The molecule has 1 unspecified atom stereocenters. The fourth-order valence-corrected chi connectivity index (χ4v) is 2.40. The molecule has 2 nitrogen and oxygen atoms in total. The van der Waals surface area contributed by atoms with Gasteiger partial charge in [-0.3, -0.25) is 0 Å². The second-order valence-corrected chi connectivity index (χ2v) is 5.92. The van der Waals surface area contributed by atoms with Gasteiger partial charge in [-0.05, 0) is 37.3 Å². The number of nitrogens with two attached hydrogens (primary N) is 1. The Morgan fingerprint density at radius 2 is 2.00 bits per heavy atom. The maximum Gasteiger partial charge on any atom is 0.416 e. The second kappa shape index (κ2) is 7.22. The third-order valence-corrected chi connectivity index (χ3v) is 3.60. The van der Waals surface area contributed by atoms with Crippen LogP contribution in [0.2, 0.25) is 0 Å².